The zero-order valence-corrected chi connectivity index (χ0v) is 19.5. The average molecular weight is 473 g/mol. The Labute approximate surface area is 203 Å². The van der Waals surface area contributed by atoms with E-state index < -0.39 is 17.5 Å². The van der Waals surface area contributed by atoms with Gasteiger partial charge in [0.2, 0.25) is 5.78 Å². The molecule has 0 saturated heterocycles. The lowest BCUT2D eigenvalue weighted by Gasteiger charge is -2.41. The summed E-state index contributed by atoms with van der Waals surface area (Å²) in [5, 5.41) is 21.6. The van der Waals surface area contributed by atoms with Gasteiger partial charge in [0.05, 0.1) is 17.2 Å². The molecule has 1 fully saturated rings. The summed E-state index contributed by atoms with van der Waals surface area (Å²) < 4.78 is 1.87. The molecule has 7 nitrogen and oxygen atoms in total. The molecule has 35 heavy (non-hydrogen) atoms. The molecule has 1 saturated carbocycles. The van der Waals surface area contributed by atoms with Gasteiger partial charge in [-0.25, -0.2) is 0 Å². The number of amides is 1. The van der Waals surface area contributed by atoms with Crippen LogP contribution in [0.4, 0.5) is 0 Å². The Hall–Kier alpha value is -3.97. The number of aliphatic carboxylic acids is 1. The first-order valence-electron chi connectivity index (χ1n) is 11.5. The van der Waals surface area contributed by atoms with Crippen LogP contribution in [0.15, 0.2) is 72.9 Å². The molecule has 7 heteroatoms. The van der Waals surface area contributed by atoms with Crippen molar-refractivity contribution in [3.05, 3.63) is 101 Å². The molecule has 0 unspecified atom stereocenters. The van der Waals surface area contributed by atoms with Gasteiger partial charge in [-0.2, -0.15) is 0 Å². The number of hydrogen-bond donors (Lipinski definition) is 3. The van der Waals surface area contributed by atoms with Crippen LogP contribution in [-0.4, -0.2) is 45.1 Å². The second kappa shape index (κ2) is 10.1. The van der Waals surface area contributed by atoms with Crippen molar-refractivity contribution >= 4 is 23.7 Å². The molecule has 0 spiro atoms. The Morgan fingerprint density at radius 3 is 2.49 bits per heavy atom. The molecule has 3 N–H and O–H groups in total. The van der Waals surface area contributed by atoms with E-state index in [2.05, 4.69) is 5.32 Å². The number of aliphatic hydroxyl groups excluding tert-OH is 1. The molecule has 0 atom stereocenters. The van der Waals surface area contributed by atoms with Crippen molar-refractivity contribution in [1.82, 2.24) is 9.88 Å². The first-order valence-corrected chi connectivity index (χ1v) is 11.5. The second-order valence-electron chi connectivity index (χ2n) is 9.10. The number of hydrogen-bond acceptors (Lipinski definition) is 4. The van der Waals surface area contributed by atoms with Gasteiger partial charge in [0.15, 0.2) is 0 Å². The van der Waals surface area contributed by atoms with Crippen molar-refractivity contribution in [2.45, 2.75) is 32.4 Å². The van der Waals surface area contributed by atoms with E-state index in [9.17, 15) is 24.6 Å². The van der Waals surface area contributed by atoms with Crippen LogP contribution in [0.2, 0.25) is 0 Å². The Morgan fingerprint density at radius 1 is 1.06 bits per heavy atom. The van der Waals surface area contributed by atoms with E-state index in [1.807, 2.05) is 66.2 Å². The minimum Gasteiger partial charge on any atom is -0.481 e. The van der Waals surface area contributed by atoms with Crippen molar-refractivity contribution in [2.24, 2.45) is 5.41 Å². The lowest BCUT2D eigenvalue weighted by molar-refractivity contribution is -0.162. The van der Waals surface area contributed by atoms with E-state index in [-0.39, 0.29) is 31.1 Å². The standard InChI is InChI=1S/C28H28N2O5/c1-19-9-11-21(12-10-19)25(32)24-8-4-14-30(24)13-3-6-20-5-2-7-22(15-20)26(33)29-18-28(27(34)35)16-23(31)17-28/h2-12,14-15,23,31H,13,16-18H2,1H3,(H,29,33)(H,34,35)/b6-3+. The number of aryl methyl sites for hydroxylation is 1. The summed E-state index contributed by atoms with van der Waals surface area (Å²) in [5.74, 6) is -1.41. The molecular weight excluding hydrogens is 444 g/mol. The molecule has 0 aliphatic heterocycles. The lowest BCUT2D eigenvalue weighted by atomic mass is 9.66. The number of carbonyl (C=O) groups is 3. The van der Waals surface area contributed by atoms with Crippen LogP contribution in [-0.2, 0) is 11.3 Å². The quantitative estimate of drug-likeness (QED) is 0.412. The topological polar surface area (TPSA) is 109 Å². The fourth-order valence-electron chi connectivity index (χ4n) is 4.31. The highest BCUT2D eigenvalue weighted by molar-refractivity contribution is 6.08. The number of carbonyl (C=O) groups excluding carboxylic acids is 2. The van der Waals surface area contributed by atoms with Gasteiger partial charge in [0.1, 0.15) is 0 Å². The third kappa shape index (κ3) is 5.41. The highest BCUT2D eigenvalue weighted by Crippen LogP contribution is 2.40. The Bertz CT molecular complexity index is 1270. The number of nitrogens with one attached hydrogen (secondary N) is 1. The fraction of sp³-hybridized carbons (Fsp3) is 0.250. The van der Waals surface area contributed by atoms with Crippen molar-refractivity contribution in [3.8, 4) is 0 Å². The predicted molar refractivity (Wildman–Crippen MR) is 132 cm³/mol. The molecule has 180 valence electrons. The fourth-order valence-corrected chi connectivity index (χ4v) is 4.31. The number of carboxylic acid groups (broad SMARTS) is 1. The summed E-state index contributed by atoms with van der Waals surface area (Å²) in [4.78, 5) is 37.0. The molecular formula is C28H28N2O5. The summed E-state index contributed by atoms with van der Waals surface area (Å²) in [5.41, 5.74) is 2.46. The van der Waals surface area contributed by atoms with Crippen LogP contribution in [0.5, 0.6) is 0 Å². The maximum absolute atomic E-state index is 12.9. The van der Waals surface area contributed by atoms with Crippen molar-refractivity contribution < 1.29 is 24.6 Å². The van der Waals surface area contributed by atoms with E-state index in [1.54, 1.807) is 24.3 Å². The molecule has 1 aromatic heterocycles. The molecule has 0 radical (unpaired) electrons. The maximum atomic E-state index is 12.9. The van der Waals surface area contributed by atoms with E-state index in [1.165, 1.54) is 0 Å². The largest absolute Gasteiger partial charge is 0.481 e. The Kier molecular flexibility index (Phi) is 6.98. The SMILES string of the molecule is Cc1ccc(C(=O)c2cccn2C/C=C/c2cccc(C(=O)NCC3(C(=O)O)CC(O)C3)c2)cc1. The van der Waals surface area contributed by atoms with E-state index >= 15 is 0 Å². The predicted octanol–water partition coefficient (Wildman–Crippen LogP) is 3.70. The highest BCUT2D eigenvalue weighted by Gasteiger charge is 2.50. The molecule has 1 aliphatic rings. The van der Waals surface area contributed by atoms with Crippen LogP contribution in [0.1, 0.15) is 50.4 Å². The van der Waals surface area contributed by atoms with Crippen LogP contribution in [0.25, 0.3) is 6.08 Å². The number of aliphatic hydroxyl groups is 1. The first kappa shape index (κ1) is 24.2. The number of allylic oxidation sites excluding steroid dienone is 1. The third-order valence-corrected chi connectivity index (χ3v) is 6.43. The molecule has 3 aromatic rings. The van der Waals surface area contributed by atoms with Gasteiger partial charge in [-0.1, -0.05) is 54.1 Å². The Balaban J connectivity index is 1.38. The van der Waals surface area contributed by atoms with Gasteiger partial charge < -0.3 is 20.1 Å². The summed E-state index contributed by atoms with van der Waals surface area (Å²) in [7, 11) is 0. The molecule has 1 aliphatic carbocycles. The van der Waals surface area contributed by atoms with Crippen LogP contribution in [0, 0.1) is 12.3 Å². The summed E-state index contributed by atoms with van der Waals surface area (Å²) in [6, 6.07) is 18.1. The zero-order valence-electron chi connectivity index (χ0n) is 19.5. The highest BCUT2D eigenvalue weighted by atomic mass is 16.4. The number of benzene rings is 2. The number of carboxylic acids is 1. The molecule has 4 rings (SSSR count). The maximum Gasteiger partial charge on any atom is 0.311 e. The molecule has 2 aromatic carbocycles. The lowest BCUT2D eigenvalue weighted by Crippen LogP contribution is -2.53. The van der Waals surface area contributed by atoms with Gasteiger partial charge in [0.25, 0.3) is 5.91 Å². The van der Waals surface area contributed by atoms with E-state index in [4.69, 9.17) is 0 Å². The minimum absolute atomic E-state index is 0.0241. The van der Waals surface area contributed by atoms with Crippen LogP contribution < -0.4 is 5.32 Å². The molecule has 1 amide bonds. The normalized spacial score (nSPS) is 19.3. The van der Waals surface area contributed by atoms with Gasteiger partial charge in [0, 0.05) is 30.4 Å². The number of aromatic nitrogens is 1. The van der Waals surface area contributed by atoms with Gasteiger partial charge in [-0.3, -0.25) is 14.4 Å². The van der Waals surface area contributed by atoms with E-state index in [0.717, 1.165) is 11.1 Å². The monoisotopic (exact) mass is 472 g/mol. The van der Waals surface area contributed by atoms with E-state index in [0.29, 0.717) is 23.4 Å². The zero-order chi connectivity index (χ0) is 25.0. The van der Waals surface area contributed by atoms with Crippen molar-refractivity contribution in [3.63, 3.8) is 0 Å². The summed E-state index contributed by atoms with van der Waals surface area (Å²) >= 11 is 0. The average Bonchev–Trinajstić information content (AvgIpc) is 3.29. The second-order valence-corrected chi connectivity index (χ2v) is 9.10. The number of ketones is 1. The number of rotatable bonds is 9. The Morgan fingerprint density at radius 2 is 1.80 bits per heavy atom. The third-order valence-electron chi connectivity index (χ3n) is 6.43. The van der Waals surface area contributed by atoms with Gasteiger partial charge in [-0.15, -0.1) is 0 Å². The summed E-state index contributed by atoms with van der Waals surface area (Å²) in [6.07, 6.45) is 5.28. The minimum atomic E-state index is -1.10. The van der Waals surface area contributed by atoms with Crippen molar-refractivity contribution in [2.75, 3.05) is 6.54 Å². The van der Waals surface area contributed by atoms with Crippen LogP contribution >= 0.6 is 0 Å². The van der Waals surface area contributed by atoms with Gasteiger partial charge in [-0.05, 0) is 49.6 Å². The smallest absolute Gasteiger partial charge is 0.311 e. The van der Waals surface area contributed by atoms with Gasteiger partial charge >= 0.3 is 5.97 Å². The van der Waals surface area contributed by atoms with Crippen molar-refractivity contribution in [1.29, 1.82) is 0 Å². The summed E-state index contributed by atoms with van der Waals surface area (Å²) in [6.45, 7) is 2.44. The number of nitrogens with zero attached hydrogens (tertiary/aromatic N) is 1. The van der Waals surface area contributed by atoms with Crippen LogP contribution in [0.3, 0.4) is 0 Å². The first-order chi connectivity index (χ1) is 16.8. The molecule has 0 bridgehead atoms. The molecule has 1 heterocycles.